The lowest BCUT2D eigenvalue weighted by Crippen LogP contribution is -2.30. The van der Waals surface area contributed by atoms with Crippen molar-refractivity contribution in [1.82, 2.24) is 5.32 Å². The fraction of sp³-hybridized carbons (Fsp3) is 0.417. The quantitative estimate of drug-likeness (QED) is 0.776. The van der Waals surface area contributed by atoms with Crippen molar-refractivity contribution in [3.8, 4) is 0 Å². The number of urea groups is 1. The Bertz CT molecular complexity index is 446. The van der Waals surface area contributed by atoms with Crippen LogP contribution >= 0.6 is 0 Å². The van der Waals surface area contributed by atoms with Crippen molar-refractivity contribution in [2.45, 2.75) is 25.6 Å². The number of hydrogen-bond acceptors (Lipinski definition) is 2. The van der Waals surface area contributed by atoms with Crippen LogP contribution in [0.1, 0.15) is 25.0 Å². The molecule has 0 spiro atoms. The minimum Gasteiger partial charge on any atom is -0.341 e. The molecule has 0 saturated heterocycles. The monoisotopic (exact) mass is 275 g/mol. The lowest BCUT2D eigenvalue weighted by atomic mass is 9.93. The summed E-state index contributed by atoms with van der Waals surface area (Å²) < 4.78 is 38.4. The van der Waals surface area contributed by atoms with E-state index in [1.807, 2.05) is 0 Å². The molecule has 0 heterocycles. The number of carbonyl (C=O) groups is 1. The van der Waals surface area contributed by atoms with E-state index in [0.29, 0.717) is 0 Å². The molecule has 0 aliphatic carbocycles. The van der Waals surface area contributed by atoms with E-state index in [1.54, 1.807) is 13.8 Å². The number of amides is 2. The van der Waals surface area contributed by atoms with Crippen LogP contribution in [0.4, 0.5) is 23.7 Å². The van der Waals surface area contributed by atoms with Crippen molar-refractivity contribution < 1.29 is 18.0 Å². The van der Waals surface area contributed by atoms with Gasteiger partial charge in [0.1, 0.15) is 0 Å². The van der Waals surface area contributed by atoms with Crippen LogP contribution in [0, 0.1) is 0 Å². The van der Waals surface area contributed by atoms with Gasteiger partial charge in [0.25, 0.3) is 0 Å². The molecule has 7 heteroatoms. The number of halogens is 3. The first kappa shape index (κ1) is 15.3. The Balaban J connectivity index is 3.29. The molecule has 1 aromatic rings. The van der Waals surface area contributed by atoms with Gasteiger partial charge in [-0.05, 0) is 37.6 Å². The van der Waals surface area contributed by atoms with Crippen LogP contribution in [0.2, 0.25) is 0 Å². The molecule has 19 heavy (non-hydrogen) atoms. The summed E-state index contributed by atoms with van der Waals surface area (Å²) in [5.41, 5.74) is 4.34. The molecule has 106 valence electrons. The lowest BCUT2D eigenvalue weighted by molar-refractivity contribution is -0.137. The first-order valence-corrected chi connectivity index (χ1v) is 5.54. The van der Waals surface area contributed by atoms with Gasteiger partial charge in [0.05, 0.1) is 5.56 Å². The molecule has 0 aliphatic rings. The molecule has 0 bridgehead atoms. The average molecular weight is 275 g/mol. The van der Waals surface area contributed by atoms with Gasteiger partial charge in [0.15, 0.2) is 0 Å². The van der Waals surface area contributed by atoms with Crippen LogP contribution in [-0.2, 0) is 11.7 Å². The van der Waals surface area contributed by atoms with Gasteiger partial charge in [-0.2, -0.15) is 13.2 Å². The highest BCUT2D eigenvalue weighted by molar-refractivity contribution is 5.89. The largest absolute Gasteiger partial charge is 0.416 e. The van der Waals surface area contributed by atoms with E-state index in [2.05, 4.69) is 10.6 Å². The Morgan fingerprint density at radius 2 is 1.68 bits per heavy atom. The normalized spacial score (nSPS) is 12.2. The molecular weight excluding hydrogens is 259 g/mol. The predicted molar refractivity (Wildman–Crippen MR) is 66.7 cm³/mol. The van der Waals surface area contributed by atoms with Crippen molar-refractivity contribution in [2.75, 3.05) is 12.4 Å². The molecule has 4 nitrogen and oxygen atoms in total. The number of hydrogen-bond donors (Lipinski definition) is 3. The van der Waals surface area contributed by atoms with E-state index in [0.717, 1.165) is 12.1 Å². The second-order valence-electron chi connectivity index (χ2n) is 4.72. The number of alkyl halides is 3. The zero-order valence-corrected chi connectivity index (χ0v) is 10.9. The van der Waals surface area contributed by atoms with Gasteiger partial charge in [-0.3, -0.25) is 0 Å². The molecule has 0 aliphatic heterocycles. The van der Waals surface area contributed by atoms with Crippen molar-refractivity contribution in [3.05, 3.63) is 29.3 Å². The van der Waals surface area contributed by atoms with Gasteiger partial charge >= 0.3 is 12.2 Å². The standard InChI is InChI=1S/C12H16F3N3O/c1-11(2,16)7-4-8(12(13,14)15)6-9(5-7)18-10(19)17-3/h4-6H,16H2,1-3H3,(H2,17,18,19). The summed E-state index contributed by atoms with van der Waals surface area (Å²) in [5, 5.41) is 4.58. The molecule has 2 amide bonds. The minimum absolute atomic E-state index is 0.0442. The van der Waals surface area contributed by atoms with Crippen LogP contribution in [0.15, 0.2) is 18.2 Å². The average Bonchev–Trinajstić information content (AvgIpc) is 2.26. The van der Waals surface area contributed by atoms with E-state index in [1.165, 1.54) is 13.1 Å². The molecule has 0 aromatic heterocycles. The highest BCUT2D eigenvalue weighted by Gasteiger charge is 2.32. The number of rotatable bonds is 2. The summed E-state index contributed by atoms with van der Waals surface area (Å²) in [5.74, 6) is 0. The van der Waals surface area contributed by atoms with Gasteiger partial charge < -0.3 is 16.4 Å². The number of benzene rings is 1. The van der Waals surface area contributed by atoms with Crippen LogP contribution in [0.5, 0.6) is 0 Å². The maximum atomic E-state index is 12.8. The molecule has 1 aromatic carbocycles. The molecule has 0 saturated carbocycles. The highest BCUT2D eigenvalue weighted by atomic mass is 19.4. The number of anilines is 1. The summed E-state index contributed by atoms with van der Waals surface area (Å²) in [6.45, 7) is 3.18. The number of nitrogens with one attached hydrogen (secondary N) is 2. The summed E-state index contributed by atoms with van der Waals surface area (Å²) in [6, 6.07) is 2.67. The van der Waals surface area contributed by atoms with Crippen LogP contribution in [-0.4, -0.2) is 13.1 Å². The fourth-order valence-corrected chi connectivity index (χ4v) is 1.43. The van der Waals surface area contributed by atoms with Gasteiger partial charge in [0, 0.05) is 18.3 Å². The van der Waals surface area contributed by atoms with E-state index in [-0.39, 0.29) is 11.3 Å². The molecule has 0 atom stereocenters. The Hall–Kier alpha value is -1.76. The van der Waals surface area contributed by atoms with Crippen molar-refractivity contribution >= 4 is 11.7 Å². The van der Waals surface area contributed by atoms with E-state index >= 15 is 0 Å². The molecule has 4 N–H and O–H groups in total. The minimum atomic E-state index is -4.50. The van der Waals surface area contributed by atoms with Gasteiger partial charge in [-0.1, -0.05) is 0 Å². The van der Waals surface area contributed by atoms with E-state index in [9.17, 15) is 18.0 Å². The van der Waals surface area contributed by atoms with E-state index < -0.39 is 23.3 Å². The summed E-state index contributed by atoms with van der Waals surface area (Å²) in [4.78, 5) is 11.2. The third-order valence-electron chi connectivity index (χ3n) is 2.49. The molecule has 1 rings (SSSR count). The van der Waals surface area contributed by atoms with Crippen LogP contribution < -0.4 is 16.4 Å². The number of nitrogens with two attached hydrogens (primary N) is 1. The molecular formula is C12H16F3N3O. The molecule has 0 unspecified atom stereocenters. The zero-order chi connectivity index (χ0) is 14.8. The topological polar surface area (TPSA) is 67.2 Å². The smallest absolute Gasteiger partial charge is 0.341 e. The summed E-state index contributed by atoms with van der Waals surface area (Å²) in [6.07, 6.45) is -4.50. The number of carbonyl (C=O) groups excluding carboxylic acids is 1. The van der Waals surface area contributed by atoms with Crippen molar-refractivity contribution in [3.63, 3.8) is 0 Å². The summed E-state index contributed by atoms with van der Waals surface area (Å²) in [7, 11) is 1.37. The Morgan fingerprint density at radius 3 is 2.11 bits per heavy atom. The SMILES string of the molecule is CNC(=O)Nc1cc(C(C)(C)N)cc(C(F)(F)F)c1. The first-order valence-electron chi connectivity index (χ1n) is 5.54. The van der Waals surface area contributed by atoms with Crippen LogP contribution in [0.3, 0.4) is 0 Å². The summed E-state index contributed by atoms with van der Waals surface area (Å²) >= 11 is 0. The maximum Gasteiger partial charge on any atom is 0.416 e. The van der Waals surface area contributed by atoms with Crippen LogP contribution in [0.25, 0.3) is 0 Å². The van der Waals surface area contributed by atoms with Gasteiger partial charge in [-0.15, -0.1) is 0 Å². The molecule has 0 fully saturated rings. The third kappa shape index (κ3) is 4.13. The second kappa shape index (κ2) is 5.08. The zero-order valence-electron chi connectivity index (χ0n) is 10.9. The van der Waals surface area contributed by atoms with Gasteiger partial charge in [0.2, 0.25) is 0 Å². The van der Waals surface area contributed by atoms with Crippen molar-refractivity contribution in [1.29, 1.82) is 0 Å². The Labute approximate surface area is 109 Å². The van der Waals surface area contributed by atoms with Crippen molar-refractivity contribution in [2.24, 2.45) is 5.73 Å². The Morgan fingerprint density at radius 1 is 1.16 bits per heavy atom. The molecule has 0 radical (unpaired) electrons. The maximum absolute atomic E-state index is 12.8. The lowest BCUT2D eigenvalue weighted by Gasteiger charge is -2.22. The van der Waals surface area contributed by atoms with E-state index in [4.69, 9.17) is 5.73 Å². The predicted octanol–water partition coefficient (Wildman–Crippen LogP) is 2.65. The third-order valence-corrected chi connectivity index (χ3v) is 2.49. The fourth-order valence-electron chi connectivity index (χ4n) is 1.43. The highest BCUT2D eigenvalue weighted by Crippen LogP contribution is 2.34. The second-order valence-corrected chi connectivity index (χ2v) is 4.72. The Kier molecular flexibility index (Phi) is 4.09. The van der Waals surface area contributed by atoms with Gasteiger partial charge in [-0.25, -0.2) is 4.79 Å². The first-order chi connectivity index (χ1) is 8.54.